The highest BCUT2D eigenvalue weighted by Crippen LogP contribution is 2.37. The Balaban J connectivity index is 1.79. The topological polar surface area (TPSA) is 42.4 Å². The predicted octanol–water partition coefficient (Wildman–Crippen LogP) is 3.52. The summed E-state index contributed by atoms with van der Waals surface area (Å²) in [6.45, 7) is 5.65. The highest BCUT2D eigenvalue weighted by atomic mass is 16.5. The zero-order valence-electron chi connectivity index (χ0n) is 13.6. The molecule has 1 saturated heterocycles. The van der Waals surface area contributed by atoms with Gasteiger partial charge in [0.05, 0.1) is 6.61 Å². The number of hydrogen-bond donors (Lipinski definition) is 0. The van der Waals surface area contributed by atoms with Gasteiger partial charge in [0.25, 0.3) is 5.91 Å². The van der Waals surface area contributed by atoms with Crippen LogP contribution in [0.1, 0.15) is 56.3 Å². The normalized spacial score (nSPS) is 24.4. The third kappa shape index (κ3) is 3.11. The molecule has 2 aliphatic rings. The molecule has 0 unspecified atom stereocenters. The quantitative estimate of drug-likeness (QED) is 0.854. The zero-order chi connectivity index (χ0) is 15.5. The molecule has 1 amide bonds. The second-order valence-corrected chi connectivity index (χ2v) is 6.96. The summed E-state index contributed by atoms with van der Waals surface area (Å²) in [6.07, 6.45) is 7.77. The van der Waals surface area contributed by atoms with Gasteiger partial charge in [-0.3, -0.25) is 4.79 Å². The second-order valence-electron chi connectivity index (χ2n) is 6.96. The van der Waals surface area contributed by atoms with Crippen LogP contribution in [-0.4, -0.2) is 35.0 Å². The van der Waals surface area contributed by atoms with Crippen molar-refractivity contribution in [3.8, 4) is 5.88 Å². The number of carbonyl (C=O) groups excluding carboxylic acids is 1. The van der Waals surface area contributed by atoms with E-state index < -0.39 is 0 Å². The van der Waals surface area contributed by atoms with E-state index >= 15 is 0 Å². The van der Waals surface area contributed by atoms with Crippen LogP contribution in [0.15, 0.2) is 18.3 Å². The first kappa shape index (κ1) is 15.3. The van der Waals surface area contributed by atoms with Crippen LogP contribution in [0.25, 0.3) is 0 Å². The van der Waals surface area contributed by atoms with Crippen LogP contribution in [0.2, 0.25) is 0 Å². The monoisotopic (exact) mass is 302 g/mol. The summed E-state index contributed by atoms with van der Waals surface area (Å²) in [5, 5.41) is 0. The van der Waals surface area contributed by atoms with Gasteiger partial charge < -0.3 is 9.64 Å². The summed E-state index contributed by atoms with van der Waals surface area (Å²) in [6, 6.07) is 4.11. The molecule has 3 rings (SSSR count). The van der Waals surface area contributed by atoms with Gasteiger partial charge in [-0.2, -0.15) is 0 Å². The van der Waals surface area contributed by atoms with E-state index in [4.69, 9.17) is 4.74 Å². The van der Waals surface area contributed by atoms with Crippen molar-refractivity contribution in [3.05, 3.63) is 23.9 Å². The lowest BCUT2D eigenvalue weighted by Gasteiger charge is -2.38. The second kappa shape index (κ2) is 6.67. The van der Waals surface area contributed by atoms with E-state index in [0.29, 0.717) is 35.9 Å². The summed E-state index contributed by atoms with van der Waals surface area (Å²) < 4.78 is 5.76. The summed E-state index contributed by atoms with van der Waals surface area (Å²) in [5.74, 6) is 1.71. The SMILES string of the molecule is CC(C)COc1ncccc1C(=O)N1CCC[C@H]2CCC[C@H]21. The van der Waals surface area contributed by atoms with Crippen LogP contribution >= 0.6 is 0 Å². The van der Waals surface area contributed by atoms with E-state index in [1.165, 1.54) is 19.3 Å². The minimum Gasteiger partial charge on any atom is -0.477 e. The third-order valence-electron chi connectivity index (χ3n) is 4.81. The Hall–Kier alpha value is -1.58. The van der Waals surface area contributed by atoms with Crippen molar-refractivity contribution in [2.24, 2.45) is 11.8 Å². The molecule has 0 radical (unpaired) electrons. The first-order valence-corrected chi connectivity index (χ1v) is 8.55. The van der Waals surface area contributed by atoms with Crippen molar-refractivity contribution < 1.29 is 9.53 Å². The van der Waals surface area contributed by atoms with Gasteiger partial charge in [0.15, 0.2) is 0 Å². The maximum absolute atomic E-state index is 13.0. The van der Waals surface area contributed by atoms with E-state index in [-0.39, 0.29) is 5.91 Å². The number of aromatic nitrogens is 1. The van der Waals surface area contributed by atoms with Crippen LogP contribution in [0.3, 0.4) is 0 Å². The molecule has 0 N–H and O–H groups in total. The highest BCUT2D eigenvalue weighted by Gasteiger charge is 2.38. The Morgan fingerprint density at radius 3 is 3.00 bits per heavy atom. The summed E-state index contributed by atoms with van der Waals surface area (Å²) in [5.41, 5.74) is 0.621. The molecule has 1 saturated carbocycles. The highest BCUT2D eigenvalue weighted by molar-refractivity contribution is 5.96. The Morgan fingerprint density at radius 1 is 1.36 bits per heavy atom. The number of amides is 1. The molecule has 1 aromatic heterocycles. The molecule has 0 bridgehead atoms. The molecule has 0 spiro atoms. The lowest BCUT2D eigenvalue weighted by molar-refractivity contribution is 0.0542. The molecule has 0 aromatic carbocycles. The molecule has 2 heterocycles. The fourth-order valence-corrected chi connectivity index (χ4v) is 3.78. The summed E-state index contributed by atoms with van der Waals surface area (Å²) in [7, 11) is 0. The van der Waals surface area contributed by atoms with Gasteiger partial charge >= 0.3 is 0 Å². The number of piperidine rings is 1. The first-order valence-electron chi connectivity index (χ1n) is 8.55. The molecule has 2 fully saturated rings. The van der Waals surface area contributed by atoms with Crippen molar-refractivity contribution in [2.45, 2.75) is 52.0 Å². The Labute approximate surface area is 132 Å². The molecule has 2 atom stereocenters. The van der Waals surface area contributed by atoms with Gasteiger partial charge in [0.1, 0.15) is 5.56 Å². The zero-order valence-corrected chi connectivity index (χ0v) is 13.6. The standard InChI is InChI=1S/C18H26N2O2/c1-13(2)12-22-17-15(8-4-10-19-17)18(21)20-11-5-7-14-6-3-9-16(14)20/h4,8,10,13-14,16H,3,5-7,9,11-12H2,1-2H3/t14-,16-/m1/s1. The van der Waals surface area contributed by atoms with Gasteiger partial charge in [-0.25, -0.2) is 4.98 Å². The maximum Gasteiger partial charge on any atom is 0.259 e. The van der Waals surface area contributed by atoms with Gasteiger partial charge in [0, 0.05) is 18.8 Å². The number of ether oxygens (including phenoxy) is 1. The molecular formula is C18H26N2O2. The molecule has 4 nitrogen and oxygen atoms in total. The van der Waals surface area contributed by atoms with Crippen LogP contribution in [0.4, 0.5) is 0 Å². The molecule has 120 valence electrons. The van der Waals surface area contributed by atoms with E-state index in [2.05, 4.69) is 23.7 Å². The Kier molecular flexibility index (Phi) is 4.65. The summed E-state index contributed by atoms with van der Waals surface area (Å²) in [4.78, 5) is 19.4. The predicted molar refractivity (Wildman–Crippen MR) is 86.0 cm³/mol. The fourth-order valence-electron chi connectivity index (χ4n) is 3.78. The lowest BCUT2D eigenvalue weighted by atomic mass is 9.91. The van der Waals surface area contributed by atoms with E-state index in [9.17, 15) is 4.79 Å². The Morgan fingerprint density at radius 2 is 2.18 bits per heavy atom. The van der Waals surface area contributed by atoms with E-state index in [0.717, 1.165) is 19.4 Å². The van der Waals surface area contributed by atoms with Crippen LogP contribution in [0, 0.1) is 11.8 Å². The van der Waals surface area contributed by atoms with E-state index in [1.54, 1.807) is 6.20 Å². The number of nitrogens with zero attached hydrogens (tertiary/aromatic N) is 2. The van der Waals surface area contributed by atoms with Crippen molar-refractivity contribution in [1.82, 2.24) is 9.88 Å². The van der Waals surface area contributed by atoms with Crippen LogP contribution in [-0.2, 0) is 0 Å². The molecule has 1 aliphatic carbocycles. The lowest BCUT2D eigenvalue weighted by Crippen LogP contribution is -2.46. The van der Waals surface area contributed by atoms with Gasteiger partial charge in [-0.1, -0.05) is 20.3 Å². The molecule has 1 aliphatic heterocycles. The van der Waals surface area contributed by atoms with E-state index in [1.807, 2.05) is 12.1 Å². The van der Waals surface area contributed by atoms with Gasteiger partial charge in [-0.05, 0) is 49.7 Å². The Bertz CT molecular complexity index is 530. The minimum atomic E-state index is 0.100. The van der Waals surface area contributed by atoms with Gasteiger partial charge in [0.2, 0.25) is 5.88 Å². The fraction of sp³-hybridized carbons (Fsp3) is 0.667. The largest absolute Gasteiger partial charge is 0.477 e. The number of fused-ring (bicyclic) bond motifs is 1. The average molecular weight is 302 g/mol. The molecule has 22 heavy (non-hydrogen) atoms. The smallest absolute Gasteiger partial charge is 0.259 e. The van der Waals surface area contributed by atoms with Gasteiger partial charge in [-0.15, -0.1) is 0 Å². The molecule has 4 heteroatoms. The number of pyridine rings is 1. The molecular weight excluding hydrogens is 276 g/mol. The van der Waals surface area contributed by atoms with Crippen molar-refractivity contribution in [2.75, 3.05) is 13.2 Å². The number of carbonyl (C=O) groups is 1. The first-order chi connectivity index (χ1) is 10.7. The number of hydrogen-bond acceptors (Lipinski definition) is 3. The number of likely N-dealkylation sites (tertiary alicyclic amines) is 1. The minimum absolute atomic E-state index is 0.100. The summed E-state index contributed by atoms with van der Waals surface area (Å²) >= 11 is 0. The number of rotatable bonds is 4. The molecule has 1 aromatic rings. The average Bonchev–Trinajstić information content (AvgIpc) is 3.01. The van der Waals surface area contributed by atoms with Crippen LogP contribution in [0.5, 0.6) is 5.88 Å². The van der Waals surface area contributed by atoms with Crippen molar-refractivity contribution >= 4 is 5.91 Å². The van der Waals surface area contributed by atoms with Crippen molar-refractivity contribution in [3.63, 3.8) is 0 Å². The third-order valence-corrected chi connectivity index (χ3v) is 4.81. The van der Waals surface area contributed by atoms with Crippen molar-refractivity contribution in [1.29, 1.82) is 0 Å². The van der Waals surface area contributed by atoms with Crippen LogP contribution < -0.4 is 4.74 Å². The maximum atomic E-state index is 13.0.